The molecule has 1 aliphatic rings. The van der Waals surface area contributed by atoms with Crippen molar-refractivity contribution in [2.75, 3.05) is 25.9 Å². The molecule has 0 spiro atoms. The van der Waals surface area contributed by atoms with Crippen LogP contribution in [0.4, 0.5) is 5.69 Å². The van der Waals surface area contributed by atoms with Crippen LogP contribution >= 0.6 is 0 Å². The minimum absolute atomic E-state index is 0.0203. The SMILES string of the molecule is COc1ccc(C(=O)C(C)N2CCC(C(N)=O)CC2)cc1N. The van der Waals surface area contributed by atoms with Gasteiger partial charge in [-0.05, 0) is 51.1 Å². The van der Waals surface area contributed by atoms with Gasteiger partial charge in [-0.3, -0.25) is 14.5 Å². The minimum atomic E-state index is -0.249. The Bertz CT molecular complexity index is 566. The Morgan fingerprint density at radius 1 is 1.32 bits per heavy atom. The zero-order valence-electron chi connectivity index (χ0n) is 13.0. The highest BCUT2D eigenvalue weighted by Crippen LogP contribution is 2.24. The number of nitrogens with two attached hydrogens (primary N) is 2. The van der Waals surface area contributed by atoms with Gasteiger partial charge in [-0.15, -0.1) is 0 Å². The van der Waals surface area contributed by atoms with E-state index in [1.165, 1.54) is 0 Å². The van der Waals surface area contributed by atoms with E-state index in [1.54, 1.807) is 25.3 Å². The molecule has 0 aromatic heterocycles. The number of ketones is 1. The average molecular weight is 305 g/mol. The lowest BCUT2D eigenvalue weighted by Gasteiger charge is -2.34. The molecule has 22 heavy (non-hydrogen) atoms. The Morgan fingerprint density at radius 3 is 2.45 bits per heavy atom. The van der Waals surface area contributed by atoms with Gasteiger partial charge in [0.25, 0.3) is 0 Å². The van der Waals surface area contributed by atoms with Crippen LogP contribution in [0.15, 0.2) is 18.2 Å². The maximum absolute atomic E-state index is 12.6. The third kappa shape index (κ3) is 3.39. The van der Waals surface area contributed by atoms with E-state index in [4.69, 9.17) is 16.2 Å². The topological polar surface area (TPSA) is 98.6 Å². The first-order valence-corrected chi connectivity index (χ1v) is 7.45. The summed E-state index contributed by atoms with van der Waals surface area (Å²) in [5, 5.41) is 0. The number of nitrogen functional groups attached to an aromatic ring is 1. The van der Waals surface area contributed by atoms with Crippen molar-refractivity contribution in [2.24, 2.45) is 11.7 Å². The monoisotopic (exact) mass is 305 g/mol. The highest BCUT2D eigenvalue weighted by Gasteiger charge is 2.29. The number of primary amides is 1. The molecule has 6 heteroatoms. The molecule has 1 unspecified atom stereocenters. The summed E-state index contributed by atoms with van der Waals surface area (Å²) in [6.45, 7) is 3.28. The molecule has 4 N–H and O–H groups in total. The van der Waals surface area contributed by atoms with Gasteiger partial charge < -0.3 is 16.2 Å². The van der Waals surface area contributed by atoms with Gasteiger partial charge in [0.2, 0.25) is 5.91 Å². The number of carbonyl (C=O) groups excluding carboxylic acids is 2. The number of piperidine rings is 1. The predicted octanol–water partition coefficient (Wildman–Crippen LogP) is 1.05. The van der Waals surface area contributed by atoms with Crippen LogP contribution in [0.1, 0.15) is 30.1 Å². The molecule has 0 radical (unpaired) electrons. The second kappa shape index (κ2) is 6.79. The summed E-state index contributed by atoms with van der Waals surface area (Å²) >= 11 is 0. The number of rotatable bonds is 5. The van der Waals surface area contributed by atoms with E-state index in [-0.39, 0.29) is 23.7 Å². The number of ether oxygens (including phenoxy) is 1. The summed E-state index contributed by atoms with van der Waals surface area (Å²) in [7, 11) is 1.54. The molecule has 1 atom stereocenters. The molecule has 1 saturated heterocycles. The quantitative estimate of drug-likeness (QED) is 0.625. The summed E-state index contributed by atoms with van der Waals surface area (Å²) in [5.41, 5.74) is 12.2. The Morgan fingerprint density at radius 2 is 1.95 bits per heavy atom. The maximum atomic E-state index is 12.6. The number of amides is 1. The number of anilines is 1. The fourth-order valence-corrected chi connectivity index (χ4v) is 2.87. The van der Waals surface area contributed by atoms with Crippen LogP contribution in [-0.2, 0) is 4.79 Å². The number of likely N-dealkylation sites (tertiary alicyclic amines) is 1. The smallest absolute Gasteiger partial charge is 0.220 e. The van der Waals surface area contributed by atoms with Gasteiger partial charge >= 0.3 is 0 Å². The lowest BCUT2D eigenvalue weighted by molar-refractivity contribution is -0.123. The fraction of sp³-hybridized carbons (Fsp3) is 0.500. The van der Waals surface area contributed by atoms with Gasteiger partial charge in [0.05, 0.1) is 18.8 Å². The molecule has 120 valence electrons. The summed E-state index contributed by atoms with van der Waals surface area (Å²) < 4.78 is 5.10. The van der Waals surface area contributed by atoms with E-state index in [2.05, 4.69) is 4.90 Å². The van der Waals surface area contributed by atoms with Crippen LogP contribution in [0.5, 0.6) is 5.75 Å². The van der Waals surface area contributed by atoms with Crippen molar-refractivity contribution in [3.63, 3.8) is 0 Å². The predicted molar refractivity (Wildman–Crippen MR) is 84.7 cm³/mol. The Labute approximate surface area is 130 Å². The molecule has 0 bridgehead atoms. The molecule has 1 amide bonds. The molecule has 6 nitrogen and oxygen atoms in total. The molecular weight excluding hydrogens is 282 g/mol. The molecular formula is C16H23N3O3. The van der Waals surface area contributed by atoms with Crippen LogP contribution in [0.2, 0.25) is 0 Å². The summed E-state index contributed by atoms with van der Waals surface area (Å²) in [5.74, 6) is 0.259. The van der Waals surface area contributed by atoms with Gasteiger partial charge in [0.1, 0.15) is 5.75 Å². The lowest BCUT2D eigenvalue weighted by Crippen LogP contribution is -2.46. The number of Topliss-reactive ketones (excluding diaryl/α,β-unsaturated/α-hetero) is 1. The normalized spacial score (nSPS) is 17.9. The largest absolute Gasteiger partial charge is 0.495 e. The number of methoxy groups -OCH3 is 1. The van der Waals surface area contributed by atoms with Crippen molar-refractivity contribution in [1.29, 1.82) is 0 Å². The summed E-state index contributed by atoms with van der Waals surface area (Å²) in [6, 6.07) is 4.83. The van der Waals surface area contributed by atoms with Crippen molar-refractivity contribution in [1.82, 2.24) is 4.90 Å². The number of carbonyl (C=O) groups is 2. The fourth-order valence-electron chi connectivity index (χ4n) is 2.87. The van der Waals surface area contributed by atoms with Gasteiger partial charge in [-0.25, -0.2) is 0 Å². The van der Waals surface area contributed by atoms with Crippen LogP contribution in [0, 0.1) is 5.92 Å². The van der Waals surface area contributed by atoms with Crippen LogP contribution in [-0.4, -0.2) is 42.8 Å². The third-order valence-electron chi connectivity index (χ3n) is 4.37. The number of nitrogens with zero attached hydrogens (tertiary/aromatic N) is 1. The zero-order chi connectivity index (χ0) is 16.3. The van der Waals surface area contributed by atoms with Crippen LogP contribution in [0.3, 0.4) is 0 Å². The molecule has 2 rings (SSSR count). The highest BCUT2D eigenvalue weighted by atomic mass is 16.5. The van der Waals surface area contributed by atoms with E-state index >= 15 is 0 Å². The van der Waals surface area contributed by atoms with Crippen molar-refractivity contribution in [3.05, 3.63) is 23.8 Å². The molecule has 1 fully saturated rings. The third-order valence-corrected chi connectivity index (χ3v) is 4.37. The van der Waals surface area contributed by atoms with Crippen molar-refractivity contribution in [3.8, 4) is 5.75 Å². The van der Waals surface area contributed by atoms with Gasteiger partial charge in [-0.1, -0.05) is 0 Å². The summed E-state index contributed by atoms with van der Waals surface area (Å²) in [4.78, 5) is 25.9. The first-order valence-electron chi connectivity index (χ1n) is 7.45. The molecule has 0 aliphatic carbocycles. The molecule has 1 aromatic carbocycles. The van der Waals surface area contributed by atoms with Gasteiger partial charge in [-0.2, -0.15) is 0 Å². The van der Waals surface area contributed by atoms with Crippen molar-refractivity contribution in [2.45, 2.75) is 25.8 Å². The van der Waals surface area contributed by atoms with Crippen molar-refractivity contribution < 1.29 is 14.3 Å². The van der Waals surface area contributed by atoms with Crippen LogP contribution < -0.4 is 16.2 Å². The highest BCUT2D eigenvalue weighted by molar-refractivity contribution is 6.00. The van der Waals surface area contributed by atoms with E-state index < -0.39 is 0 Å². The second-order valence-corrected chi connectivity index (χ2v) is 5.71. The Hall–Kier alpha value is -2.08. The molecule has 1 aromatic rings. The lowest BCUT2D eigenvalue weighted by atomic mass is 9.94. The standard InChI is InChI=1S/C16H23N3O3/c1-10(19-7-5-11(6-8-19)16(18)21)15(20)12-3-4-14(22-2)13(17)9-12/h3-4,9-11H,5-8,17H2,1-2H3,(H2,18,21). The Balaban J connectivity index is 2.03. The van der Waals surface area contributed by atoms with E-state index in [9.17, 15) is 9.59 Å². The van der Waals surface area contributed by atoms with Gasteiger partial charge in [0.15, 0.2) is 5.78 Å². The minimum Gasteiger partial charge on any atom is -0.495 e. The number of benzene rings is 1. The number of hydrogen-bond donors (Lipinski definition) is 2. The first-order chi connectivity index (χ1) is 10.4. The maximum Gasteiger partial charge on any atom is 0.220 e. The van der Waals surface area contributed by atoms with Crippen LogP contribution in [0.25, 0.3) is 0 Å². The molecule has 0 saturated carbocycles. The van der Waals surface area contributed by atoms with Crippen molar-refractivity contribution >= 4 is 17.4 Å². The zero-order valence-corrected chi connectivity index (χ0v) is 13.0. The summed E-state index contributed by atoms with van der Waals surface area (Å²) in [6.07, 6.45) is 1.41. The van der Waals surface area contributed by atoms with E-state index in [0.717, 1.165) is 0 Å². The second-order valence-electron chi connectivity index (χ2n) is 5.71. The van der Waals surface area contributed by atoms with Gasteiger partial charge in [0, 0.05) is 11.5 Å². The first kappa shape index (κ1) is 16.3. The number of hydrogen-bond acceptors (Lipinski definition) is 5. The van der Waals surface area contributed by atoms with E-state index in [1.807, 2.05) is 6.92 Å². The Kier molecular flexibility index (Phi) is 5.03. The molecule has 1 aliphatic heterocycles. The molecule has 1 heterocycles. The average Bonchev–Trinajstić information content (AvgIpc) is 2.53. The van der Waals surface area contributed by atoms with E-state index in [0.29, 0.717) is 42.9 Å².